The van der Waals surface area contributed by atoms with Crippen LogP contribution in [0.1, 0.15) is 71.8 Å². The van der Waals surface area contributed by atoms with E-state index in [1.165, 1.54) is 0 Å². The molecule has 0 radical (unpaired) electrons. The molecule has 0 spiro atoms. The minimum absolute atomic E-state index is 0.00570. The number of nitrogens with zero attached hydrogens (tertiary/aromatic N) is 1. The molecule has 0 aromatic heterocycles. The fourth-order valence-corrected chi connectivity index (χ4v) is 4.48. The maximum Gasteiger partial charge on any atom is 0.524 e. The molecule has 1 fully saturated rings. The van der Waals surface area contributed by atoms with Gasteiger partial charge < -0.3 is 19.9 Å². The number of hydrogen-bond acceptors (Lipinski definition) is 7. The van der Waals surface area contributed by atoms with Crippen molar-refractivity contribution in [2.24, 2.45) is 5.92 Å². The second-order valence-corrected chi connectivity index (χ2v) is 10.4. The highest BCUT2D eigenvalue weighted by atomic mass is 16.6. The fourth-order valence-electron chi connectivity index (χ4n) is 4.48. The predicted octanol–water partition coefficient (Wildman–Crippen LogP) is 4.04. The first-order valence-corrected chi connectivity index (χ1v) is 12.8. The van der Waals surface area contributed by atoms with Crippen molar-refractivity contribution in [3.63, 3.8) is 0 Å². The van der Waals surface area contributed by atoms with E-state index in [1.807, 2.05) is 30.3 Å². The number of rotatable bonds is 11. The van der Waals surface area contributed by atoms with Gasteiger partial charge in [-0.05, 0) is 32.8 Å². The molecular formula is C27H41N2O7+. The Morgan fingerprint density at radius 3 is 2.42 bits per heavy atom. The number of ether oxygens (including phenoxy) is 2. The summed E-state index contributed by atoms with van der Waals surface area (Å²) in [5, 5.41) is 12.6. The third-order valence-electron chi connectivity index (χ3n) is 6.30. The van der Waals surface area contributed by atoms with Crippen molar-refractivity contribution in [2.45, 2.75) is 84.5 Å². The average molecular weight is 506 g/mol. The monoisotopic (exact) mass is 505 g/mol. The topological polar surface area (TPSA) is 119 Å². The SMILES string of the molecule is CCCCCC[C@H](CC(=O)O)C(=O)[N@+]1(C(=O)OC(C)(C)C)CCNCC1C(=O)OCc1ccccc1. The molecule has 2 rings (SSSR count). The Balaban J connectivity index is 2.42. The molecule has 0 saturated carbocycles. The Labute approximate surface area is 213 Å². The zero-order chi connectivity index (χ0) is 26.8. The molecule has 1 unspecified atom stereocenters. The van der Waals surface area contributed by atoms with Crippen molar-refractivity contribution in [3.8, 4) is 0 Å². The third kappa shape index (κ3) is 8.13. The first kappa shape index (κ1) is 29.5. The first-order chi connectivity index (χ1) is 17.0. The van der Waals surface area contributed by atoms with Gasteiger partial charge in [0.25, 0.3) is 0 Å². The summed E-state index contributed by atoms with van der Waals surface area (Å²) in [6, 6.07) is 7.94. The lowest BCUT2D eigenvalue weighted by molar-refractivity contribution is -0.806. The fraction of sp³-hybridized carbons (Fsp3) is 0.630. The number of aliphatic carboxylic acids is 1. The molecule has 3 atom stereocenters. The Hall–Kier alpha value is -2.78. The third-order valence-corrected chi connectivity index (χ3v) is 6.30. The number of amides is 2. The van der Waals surface area contributed by atoms with E-state index >= 15 is 0 Å². The van der Waals surface area contributed by atoms with Gasteiger partial charge in [0.05, 0.1) is 18.9 Å². The van der Waals surface area contributed by atoms with Crippen LogP contribution in [0.3, 0.4) is 0 Å². The molecule has 0 bridgehead atoms. The molecule has 2 amide bonds. The number of benzene rings is 1. The van der Waals surface area contributed by atoms with E-state index in [0.717, 1.165) is 24.8 Å². The van der Waals surface area contributed by atoms with Crippen molar-refractivity contribution < 1.29 is 38.2 Å². The van der Waals surface area contributed by atoms with Crippen LogP contribution in [0.4, 0.5) is 4.79 Å². The van der Waals surface area contributed by atoms with E-state index in [2.05, 4.69) is 12.2 Å². The number of hydrogen-bond donors (Lipinski definition) is 2. The normalized spacial score (nSPS) is 20.8. The van der Waals surface area contributed by atoms with Crippen LogP contribution < -0.4 is 5.32 Å². The maximum atomic E-state index is 14.1. The smallest absolute Gasteiger partial charge is 0.481 e. The molecule has 0 aliphatic carbocycles. The quantitative estimate of drug-likeness (QED) is 0.263. The summed E-state index contributed by atoms with van der Waals surface area (Å²) in [6.07, 6.45) is 2.55. The van der Waals surface area contributed by atoms with Gasteiger partial charge in [0.1, 0.15) is 18.8 Å². The van der Waals surface area contributed by atoms with Gasteiger partial charge in [-0.25, -0.2) is 9.59 Å². The van der Waals surface area contributed by atoms with Crippen molar-refractivity contribution in [2.75, 3.05) is 19.6 Å². The second kappa shape index (κ2) is 13.5. The van der Waals surface area contributed by atoms with Crippen molar-refractivity contribution in [1.29, 1.82) is 0 Å². The van der Waals surface area contributed by atoms with E-state index in [4.69, 9.17) is 9.47 Å². The summed E-state index contributed by atoms with van der Waals surface area (Å²) in [4.78, 5) is 52.8. The minimum Gasteiger partial charge on any atom is -0.481 e. The number of nitrogens with one attached hydrogen (secondary N) is 1. The number of carbonyl (C=O) groups is 4. The van der Waals surface area contributed by atoms with Gasteiger partial charge in [-0.1, -0.05) is 62.9 Å². The number of piperazine rings is 1. The zero-order valence-electron chi connectivity index (χ0n) is 22.0. The summed E-state index contributed by atoms with van der Waals surface area (Å²) in [6.45, 7) is 7.44. The summed E-state index contributed by atoms with van der Waals surface area (Å²) in [5.41, 5.74) is -0.133. The van der Waals surface area contributed by atoms with Gasteiger partial charge in [0, 0.05) is 6.54 Å². The molecule has 36 heavy (non-hydrogen) atoms. The van der Waals surface area contributed by atoms with Crippen LogP contribution in [0.25, 0.3) is 0 Å². The summed E-state index contributed by atoms with van der Waals surface area (Å²) >= 11 is 0. The van der Waals surface area contributed by atoms with Crippen LogP contribution in [-0.4, -0.2) is 64.8 Å². The molecular weight excluding hydrogens is 464 g/mol. The predicted molar refractivity (Wildman–Crippen MR) is 134 cm³/mol. The minimum atomic E-state index is -1.18. The highest BCUT2D eigenvalue weighted by Gasteiger charge is 2.60. The summed E-state index contributed by atoms with van der Waals surface area (Å²) < 4.78 is 10.3. The lowest BCUT2D eigenvalue weighted by Gasteiger charge is -2.42. The number of carbonyl (C=O) groups excluding carboxylic acids is 3. The number of quaternary nitrogens is 1. The van der Waals surface area contributed by atoms with Gasteiger partial charge in [-0.2, -0.15) is 4.79 Å². The van der Waals surface area contributed by atoms with E-state index in [0.29, 0.717) is 19.4 Å². The molecule has 1 aromatic rings. The zero-order valence-corrected chi connectivity index (χ0v) is 22.0. The number of carboxylic acids is 1. The molecule has 1 aliphatic heterocycles. The molecule has 9 nitrogen and oxygen atoms in total. The standard InChI is InChI=1S/C27H40N2O7/c1-5-6-7-11-14-21(17-23(30)31)24(32)29(26(34)36-27(2,3)4)16-15-28-18-22(29)25(33)35-19-20-12-9-8-10-13-20/h8-10,12-13,21-22,28H,5-7,11,14-19H2,1-4H3/p+1/t21-,22?,29+/m1/s1. The molecule has 2 N–H and O–H groups in total. The van der Waals surface area contributed by atoms with Crippen LogP contribution in [0.2, 0.25) is 0 Å². The molecule has 1 saturated heterocycles. The van der Waals surface area contributed by atoms with E-state index < -0.39 is 52.4 Å². The lowest BCUT2D eigenvalue weighted by Crippen LogP contribution is -2.74. The Morgan fingerprint density at radius 1 is 1.11 bits per heavy atom. The van der Waals surface area contributed by atoms with Crippen molar-refractivity contribution >= 4 is 23.9 Å². The van der Waals surface area contributed by atoms with Crippen molar-refractivity contribution in [1.82, 2.24) is 5.32 Å². The molecule has 1 aromatic carbocycles. The van der Waals surface area contributed by atoms with E-state index in [9.17, 15) is 24.3 Å². The largest absolute Gasteiger partial charge is 0.524 e. The van der Waals surface area contributed by atoms with Gasteiger partial charge in [-0.3, -0.25) is 4.79 Å². The maximum absolute atomic E-state index is 14.1. The number of carboxylic acid groups (broad SMARTS) is 1. The average Bonchev–Trinajstić information content (AvgIpc) is 2.83. The molecule has 200 valence electrons. The highest BCUT2D eigenvalue weighted by molar-refractivity contribution is 5.90. The Kier molecular flexibility index (Phi) is 11.0. The van der Waals surface area contributed by atoms with Gasteiger partial charge >= 0.3 is 23.9 Å². The lowest BCUT2D eigenvalue weighted by atomic mass is 9.93. The second-order valence-electron chi connectivity index (χ2n) is 10.4. The first-order valence-electron chi connectivity index (χ1n) is 12.8. The van der Waals surface area contributed by atoms with E-state index in [-0.39, 0.29) is 19.7 Å². The van der Waals surface area contributed by atoms with Crippen LogP contribution in [-0.2, 0) is 30.5 Å². The summed E-state index contributed by atoms with van der Waals surface area (Å²) in [7, 11) is 0. The van der Waals surface area contributed by atoms with Crippen LogP contribution >= 0.6 is 0 Å². The van der Waals surface area contributed by atoms with Crippen LogP contribution in [0, 0.1) is 5.92 Å². The number of esters is 1. The van der Waals surface area contributed by atoms with E-state index in [1.54, 1.807) is 20.8 Å². The van der Waals surface area contributed by atoms with Crippen LogP contribution in [0.5, 0.6) is 0 Å². The van der Waals surface area contributed by atoms with Crippen LogP contribution in [0.15, 0.2) is 30.3 Å². The number of unbranched alkanes of at least 4 members (excludes halogenated alkanes) is 3. The van der Waals surface area contributed by atoms with Crippen molar-refractivity contribution in [3.05, 3.63) is 35.9 Å². The van der Waals surface area contributed by atoms with Gasteiger partial charge in [0.15, 0.2) is 0 Å². The highest BCUT2D eigenvalue weighted by Crippen LogP contribution is 2.30. The Bertz CT molecular complexity index is 897. The molecule has 9 heteroatoms. The summed E-state index contributed by atoms with van der Waals surface area (Å²) in [5.74, 6) is -3.34. The van der Waals surface area contributed by atoms with Gasteiger partial charge in [0.2, 0.25) is 6.04 Å². The van der Waals surface area contributed by atoms with Gasteiger partial charge in [-0.15, -0.1) is 4.48 Å². The molecule has 1 aliphatic rings. The molecule has 1 heterocycles. The Morgan fingerprint density at radius 2 is 1.81 bits per heavy atom. The number of imide groups is 1.